The molecule has 1 aliphatic carbocycles. The molecule has 1 saturated heterocycles. The first-order chi connectivity index (χ1) is 12.3. The minimum atomic E-state index is 0.390. The minimum absolute atomic E-state index is 0.390. The van der Waals surface area contributed by atoms with E-state index in [-0.39, 0.29) is 0 Å². The number of piperidine rings is 1. The summed E-state index contributed by atoms with van der Waals surface area (Å²) in [5.41, 5.74) is 2.24. The molecule has 6 heteroatoms. The van der Waals surface area contributed by atoms with Crippen molar-refractivity contribution in [1.82, 2.24) is 20.1 Å². The molecule has 1 aromatic carbocycles. The van der Waals surface area contributed by atoms with E-state index in [0.717, 1.165) is 49.0 Å². The molecule has 0 N–H and O–H groups in total. The number of benzene rings is 1. The van der Waals surface area contributed by atoms with Gasteiger partial charge in [0, 0.05) is 30.3 Å². The molecular weight excluding hydrogens is 314 g/mol. The second kappa shape index (κ2) is 5.79. The number of nitrogens with zero attached hydrogens (tertiary/aromatic N) is 5. The Morgan fingerprint density at radius 1 is 1.04 bits per heavy atom. The quantitative estimate of drug-likeness (QED) is 0.729. The largest absolute Gasteiger partial charge is 0.356 e. The number of aromatic nitrogens is 4. The summed E-state index contributed by atoms with van der Waals surface area (Å²) in [6.45, 7) is 4.04. The first-order valence-corrected chi connectivity index (χ1v) is 9.08. The topological polar surface area (TPSA) is 67.9 Å². The van der Waals surface area contributed by atoms with Gasteiger partial charge in [-0.15, -0.1) is 0 Å². The summed E-state index contributed by atoms with van der Waals surface area (Å²) in [7, 11) is 0. The number of hydrogen-bond donors (Lipinski definition) is 0. The third kappa shape index (κ3) is 2.65. The molecule has 3 heterocycles. The van der Waals surface area contributed by atoms with E-state index in [0.29, 0.717) is 11.8 Å². The van der Waals surface area contributed by atoms with E-state index in [4.69, 9.17) is 4.52 Å². The molecule has 25 heavy (non-hydrogen) atoms. The second-order valence-electron chi connectivity index (χ2n) is 7.19. The highest BCUT2D eigenvalue weighted by atomic mass is 16.5. The molecule has 2 fully saturated rings. The first kappa shape index (κ1) is 14.8. The Labute approximate surface area is 146 Å². The van der Waals surface area contributed by atoms with Crippen molar-refractivity contribution in [2.24, 2.45) is 0 Å². The molecule has 2 aliphatic rings. The fourth-order valence-corrected chi connectivity index (χ4v) is 3.76. The smallest absolute Gasteiger partial charge is 0.229 e. The molecule has 128 valence electrons. The van der Waals surface area contributed by atoms with Crippen LogP contribution in [0, 0.1) is 6.92 Å². The third-order valence-corrected chi connectivity index (χ3v) is 5.39. The summed E-state index contributed by atoms with van der Waals surface area (Å²) < 4.78 is 5.43. The molecule has 0 spiro atoms. The lowest BCUT2D eigenvalue weighted by molar-refractivity contribution is 0.365. The van der Waals surface area contributed by atoms with E-state index in [9.17, 15) is 0 Å². The maximum Gasteiger partial charge on any atom is 0.229 e. The molecule has 0 unspecified atom stereocenters. The van der Waals surface area contributed by atoms with E-state index >= 15 is 0 Å². The molecule has 0 atom stereocenters. The molecule has 0 amide bonds. The van der Waals surface area contributed by atoms with Crippen molar-refractivity contribution in [3.63, 3.8) is 0 Å². The lowest BCUT2D eigenvalue weighted by Gasteiger charge is -2.32. The molecule has 3 aromatic rings. The Kier molecular flexibility index (Phi) is 3.43. The van der Waals surface area contributed by atoms with Gasteiger partial charge in [-0.3, -0.25) is 0 Å². The van der Waals surface area contributed by atoms with E-state index in [1.54, 1.807) is 6.33 Å². The predicted molar refractivity (Wildman–Crippen MR) is 94.7 cm³/mol. The van der Waals surface area contributed by atoms with Crippen LogP contribution in [-0.4, -0.2) is 33.2 Å². The van der Waals surface area contributed by atoms with Gasteiger partial charge < -0.3 is 9.42 Å². The molecular formula is C19H21N5O. The second-order valence-corrected chi connectivity index (χ2v) is 7.19. The number of fused-ring (bicyclic) bond motifs is 1. The van der Waals surface area contributed by atoms with Crippen LogP contribution in [0.3, 0.4) is 0 Å². The molecule has 6 nitrogen and oxygen atoms in total. The van der Waals surface area contributed by atoms with E-state index in [2.05, 4.69) is 44.1 Å². The van der Waals surface area contributed by atoms with Crippen molar-refractivity contribution < 1.29 is 4.52 Å². The molecule has 0 bridgehead atoms. The van der Waals surface area contributed by atoms with E-state index in [1.807, 2.05) is 6.07 Å². The van der Waals surface area contributed by atoms with Crippen molar-refractivity contribution in [2.75, 3.05) is 18.0 Å². The Morgan fingerprint density at radius 2 is 1.88 bits per heavy atom. The standard InChI is InChI=1S/C19H21N5O/c1-12-3-2-4-15-16(12)18(21-11-20-15)24-9-7-13(8-10-24)17-22-19(25-23-17)14-5-6-14/h2-4,11,13-14H,5-10H2,1H3. The molecule has 5 rings (SSSR count). The lowest BCUT2D eigenvalue weighted by Crippen LogP contribution is -2.34. The highest BCUT2D eigenvalue weighted by molar-refractivity contribution is 5.92. The van der Waals surface area contributed by atoms with Crippen molar-refractivity contribution in [3.05, 3.63) is 41.8 Å². The summed E-state index contributed by atoms with van der Waals surface area (Å²) in [6, 6.07) is 6.23. The number of anilines is 1. The third-order valence-electron chi connectivity index (χ3n) is 5.39. The normalized spacial score (nSPS) is 18.8. The molecule has 0 radical (unpaired) electrons. The molecule has 2 aromatic heterocycles. The predicted octanol–water partition coefficient (Wildman–Crippen LogP) is 3.58. The Morgan fingerprint density at radius 3 is 2.68 bits per heavy atom. The maximum absolute atomic E-state index is 5.43. The monoisotopic (exact) mass is 335 g/mol. The zero-order chi connectivity index (χ0) is 16.8. The van der Waals surface area contributed by atoms with Gasteiger partial charge >= 0.3 is 0 Å². The zero-order valence-corrected chi connectivity index (χ0v) is 14.4. The Bertz CT molecular complexity index is 904. The molecule has 1 aliphatic heterocycles. The van der Waals surface area contributed by atoms with Crippen molar-refractivity contribution >= 4 is 16.7 Å². The van der Waals surface area contributed by atoms with Crippen LogP contribution in [0.2, 0.25) is 0 Å². The lowest BCUT2D eigenvalue weighted by atomic mass is 9.95. The highest BCUT2D eigenvalue weighted by Gasteiger charge is 2.32. The van der Waals surface area contributed by atoms with Crippen LogP contribution in [-0.2, 0) is 0 Å². The van der Waals surface area contributed by atoms with E-state index < -0.39 is 0 Å². The van der Waals surface area contributed by atoms with Crippen molar-refractivity contribution in [2.45, 2.75) is 44.4 Å². The van der Waals surface area contributed by atoms with Gasteiger partial charge in [0.25, 0.3) is 0 Å². The van der Waals surface area contributed by atoms with Gasteiger partial charge in [-0.2, -0.15) is 4.98 Å². The number of aryl methyl sites for hydroxylation is 1. The average Bonchev–Trinajstić information content (AvgIpc) is 3.39. The summed E-state index contributed by atoms with van der Waals surface area (Å²) in [4.78, 5) is 16.0. The van der Waals surface area contributed by atoms with Crippen LogP contribution in [0.4, 0.5) is 5.82 Å². The van der Waals surface area contributed by atoms with Gasteiger partial charge in [-0.05, 0) is 44.2 Å². The van der Waals surface area contributed by atoms with Gasteiger partial charge in [0.05, 0.1) is 5.52 Å². The maximum atomic E-state index is 5.43. The first-order valence-electron chi connectivity index (χ1n) is 9.08. The van der Waals surface area contributed by atoms with Crippen molar-refractivity contribution in [3.8, 4) is 0 Å². The SMILES string of the molecule is Cc1cccc2ncnc(N3CCC(c4noc(C5CC5)n4)CC3)c12. The summed E-state index contributed by atoms with van der Waals surface area (Å²) in [6.07, 6.45) is 6.12. The Hall–Kier alpha value is -2.50. The van der Waals surface area contributed by atoms with Crippen LogP contribution >= 0.6 is 0 Å². The zero-order valence-electron chi connectivity index (χ0n) is 14.4. The fraction of sp³-hybridized carbons (Fsp3) is 0.474. The van der Waals surface area contributed by atoms with Gasteiger partial charge in [0.15, 0.2) is 5.82 Å². The van der Waals surface area contributed by atoms with Crippen molar-refractivity contribution in [1.29, 1.82) is 0 Å². The fourth-order valence-electron chi connectivity index (χ4n) is 3.76. The van der Waals surface area contributed by atoms with Gasteiger partial charge in [0.1, 0.15) is 12.1 Å². The highest BCUT2D eigenvalue weighted by Crippen LogP contribution is 2.40. The summed E-state index contributed by atoms with van der Waals surface area (Å²) in [5.74, 6) is 3.70. The van der Waals surface area contributed by atoms with Crippen LogP contribution in [0.1, 0.15) is 54.8 Å². The number of hydrogen-bond acceptors (Lipinski definition) is 6. The van der Waals surface area contributed by atoms with Gasteiger partial charge in [-0.25, -0.2) is 9.97 Å². The van der Waals surface area contributed by atoms with E-state index in [1.165, 1.54) is 23.8 Å². The number of rotatable bonds is 3. The van der Waals surface area contributed by atoms with Gasteiger partial charge in [-0.1, -0.05) is 17.3 Å². The van der Waals surface area contributed by atoms with Gasteiger partial charge in [0.2, 0.25) is 5.89 Å². The average molecular weight is 335 g/mol. The Balaban J connectivity index is 1.36. The van der Waals surface area contributed by atoms with Crippen LogP contribution in [0.25, 0.3) is 10.9 Å². The van der Waals surface area contributed by atoms with Crippen LogP contribution < -0.4 is 4.90 Å². The summed E-state index contributed by atoms with van der Waals surface area (Å²) >= 11 is 0. The summed E-state index contributed by atoms with van der Waals surface area (Å²) in [5, 5.41) is 5.40. The van der Waals surface area contributed by atoms with Crippen LogP contribution in [0.5, 0.6) is 0 Å². The van der Waals surface area contributed by atoms with Crippen LogP contribution in [0.15, 0.2) is 29.0 Å². The molecule has 1 saturated carbocycles. The minimum Gasteiger partial charge on any atom is -0.356 e.